The first kappa shape index (κ1) is 19.8. The molecule has 1 aromatic heterocycles. The van der Waals surface area contributed by atoms with E-state index in [2.05, 4.69) is 4.98 Å². The number of pyridine rings is 1. The van der Waals surface area contributed by atoms with Gasteiger partial charge in [-0.1, -0.05) is 36.4 Å². The lowest BCUT2D eigenvalue weighted by Gasteiger charge is -2.42. The van der Waals surface area contributed by atoms with Crippen LogP contribution in [0.2, 0.25) is 0 Å². The summed E-state index contributed by atoms with van der Waals surface area (Å²) in [5, 5.41) is 2.91. The minimum atomic E-state index is -1.23. The Morgan fingerprint density at radius 1 is 1.03 bits per heavy atom. The molecule has 156 valence electrons. The van der Waals surface area contributed by atoms with Gasteiger partial charge < -0.3 is 14.2 Å². The normalized spacial score (nSPS) is 25.9. The van der Waals surface area contributed by atoms with E-state index >= 15 is 0 Å². The number of hydrazine groups is 1. The van der Waals surface area contributed by atoms with Crippen LogP contribution in [0.3, 0.4) is 0 Å². The predicted molar refractivity (Wildman–Crippen MR) is 102 cm³/mol. The predicted octanol–water partition coefficient (Wildman–Crippen LogP) is 1.88. The largest absolute Gasteiger partial charge is 0.469 e. The summed E-state index contributed by atoms with van der Waals surface area (Å²) in [6.07, 6.45) is 2.50. The number of carbonyl (C=O) groups excluding carboxylic acids is 3. The van der Waals surface area contributed by atoms with Gasteiger partial charge in [0.25, 0.3) is 0 Å². The molecule has 2 fully saturated rings. The first-order valence-electron chi connectivity index (χ1n) is 9.43. The Morgan fingerprint density at radius 3 is 2.37 bits per heavy atom. The number of hydrogen-bond donors (Lipinski definition) is 0. The van der Waals surface area contributed by atoms with Crippen molar-refractivity contribution in [2.24, 2.45) is 5.92 Å². The van der Waals surface area contributed by atoms with Crippen molar-refractivity contribution < 1.29 is 28.6 Å². The molecule has 1 aromatic carbocycles. The summed E-state index contributed by atoms with van der Waals surface area (Å²) < 4.78 is 15.4. The molecule has 4 rings (SSSR count). The van der Waals surface area contributed by atoms with Crippen molar-refractivity contribution in [3.05, 3.63) is 66.0 Å². The molecule has 3 heterocycles. The van der Waals surface area contributed by atoms with Gasteiger partial charge in [-0.3, -0.25) is 9.78 Å². The van der Waals surface area contributed by atoms with E-state index in [1.54, 1.807) is 29.5 Å². The zero-order valence-corrected chi connectivity index (χ0v) is 16.5. The van der Waals surface area contributed by atoms with E-state index in [1.807, 2.05) is 30.3 Å². The van der Waals surface area contributed by atoms with Gasteiger partial charge in [0.15, 0.2) is 6.04 Å². The molecule has 9 nitrogen and oxygen atoms in total. The van der Waals surface area contributed by atoms with Gasteiger partial charge in [0.1, 0.15) is 12.5 Å². The molecule has 0 aliphatic carbocycles. The fourth-order valence-corrected chi connectivity index (χ4v) is 4.21. The molecular weight excluding hydrogens is 390 g/mol. The molecule has 0 saturated carbocycles. The number of nitrogens with zero attached hydrogens (tertiary/aromatic N) is 3. The third-order valence-electron chi connectivity index (χ3n) is 5.47. The third-order valence-corrected chi connectivity index (χ3v) is 5.47. The Balaban J connectivity index is 1.91. The molecule has 0 spiro atoms. The van der Waals surface area contributed by atoms with Crippen molar-refractivity contribution in [3.8, 4) is 0 Å². The lowest BCUT2D eigenvalue weighted by molar-refractivity contribution is -0.159. The molecule has 9 heteroatoms. The Labute approximate surface area is 173 Å². The van der Waals surface area contributed by atoms with Crippen molar-refractivity contribution >= 4 is 18.0 Å². The highest BCUT2D eigenvalue weighted by atomic mass is 16.6. The van der Waals surface area contributed by atoms with Crippen molar-refractivity contribution in [1.82, 2.24) is 15.0 Å². The summed E-state index contributed by atoms with van der Waals surface area (Å²) in [6.45, 7) is 0.0674. The summed E-state index contributed by atoms with van der Waals surface area (Å²) in [5.41, 5.74) is 1.54. The molecular formula is C21H21N3O6. The first-order valence-corrected chi connectivity index (χ1v) is 9.43. The second kappa shape index (κ2) is 8.11. The fraction of sp³-hybridized carbons (Fsp3) is 0.333. The number of fused-ring (bicyclic) bond motifs is 1. The molecule has 0 bridgehead atoms. The standard InChI is InChI=1S/C21H21N3O6/c1-28-19(25)16-17(14-9-6-10-22-11-14)23-15(13-7-4-3-5-8-13)12-30-21(27)24(23)18(16)20(26)29-2/h3-11,15-18H,12H2,1-2H3/t15-,16-,17-,18-/m0/s1. The van der Waals surface area contributed by atoms with Crippen LogP contribution in [-0.2, 0) is 23.8 Å². The van der Waals surface area contributed by atoms with E-state index in [4.69, 9.17) is 14.2 Å². The minimum absolute atomic E-state index is 0.0674. The number of methoxy groups -OCH3 is 2. The van der Waals surface area contributed by atoms with Gasteiger partial charge in [0.05, 0.1) is 26.3 Å². The molecule has 2 saturated heterocycles. The number of aromatic nitrogens is 1. The second-order valence-corrected chi connectivity index (χ2v) is 6.98. The Bertz CT molecular complexity index is 938. The molecule has 4 atom stereocenters. The number of carbonyl (C=O) groups is 3. The van der Waals surface area contributed by atoms with Crippen molar-refractivity contribution in [3.63, 3.8) is 0 Å². The zero-order valence-electron chi connectivity index (χ0n) is 16.5. The van der Waals surface area contributed by atoms with Crippen LogP contribution in [0.5, 0.6) is 0 Å². The van der Waals surface area contributed by atoms with Crippen LogP contribution in [0, 0.1) is 5.92 Å². The quantitative estimate of drug-likeness (QED) is 0.556. The summed E-state index contributed by atoms with van der Waals surface area (Å²) in [4.78, 5) is 42.6. The number of ether oxygens (including phenoxy) is 3. The zero-order chi connectivity index (χ0) is 21.3. The van der Waals surface area contributed by atoms with Gasteiger partial charge >= 0.3 is 18.0 Å². The Hall–Kier alpha value is -3.46. The number of benzene rings is 1. The SMILES string of the molecule is COC(=O)[C@@H]1[C@@H](C(=O)OC)N2C(=O)OC[C@@H](c3ccccc3)N2[C@H]1c1cccnc1. The van der Waals surface area contributed by atoms with Crippen LogP contribution < -0.4 is 0 Å². The van der Waals surface area contributed by atoms with E-state index in [0.29, 0.717) is 5.56 Å². The third kappa shape index (κ3) is 3.17. The molecule has 30 heavy (non-hydrogen) atoms. The molecule has 0 unspecified atom stereocenters. The highest BCUT2D eigenvalue weighted by Gasteiger charge is 2.61. The summed E-state index contributed by atoms with van der Waals surface area (Å²) in [7, 11) is 2.46. The lowest BCUT2D eigenvalue weighted by Crippen LogP contribution is -2.55. The summed E-state index contributed by atoms with van der Waals surface area (Å²) >= 11 is 0. The van der Waals surface area contributed by atoms with Crippen molar-refractivity contribution in [2.45, 2.75) is 18.1 Å². The van der Waals surface area contributed by atoms with E-state index in [9.17, 15) is 14.4 Å². The molecule has 2 aliphatic rings. The number of amides is 1. The van der Waals surface area contributed by atoms with Crippen LogP contribution >= 0.6 is 0 Å². The monoisotopic (exact) mass is 411 g/mol. The molecule has 0 radical (unpaired) electrons. The molecule has 1 amide bonds. The number of cyclic esters (lactones) is 1. The molecule has 2 aliphatic heterocycles. The topological polar surface area (TPSA) is 98.3 Å². The average molecular weight is 411 g/mol. The van der Waals surface area contributed by atoms with Gasteiger partial charge in [-0.2, -0.15) is 5.01 Å². The number of hydrogen-bond acceptors (Lipinski definition) is 8. The highest BCUT2D eigenvalue weighted by molar-refractivity contribution is 5.89. The van der Waals surface area contributed by atoms with Gasteiger partial charge in [0.2, 0.25) is 0 Å². The van der Waals surface area contributed by atoms with Gasteiger partial charge in [-0.15, -0.1) is 0 Å². The van der Waals surface area contributed by atoms with Gasteiger partial charge in [-0.25, -0.2) is 14.6 Å². The average Bonchev–Trinajstić information content (AvgIpc) is 3.16. The van der Waals surface area contributed by atoms with Gasteiger partial charge in [-0.05, 0) is 17.2 Å². The maximum atomic E-state index is 12.9. The highest BCUT2D eigenvalue weighted by Crippen LogP contribution is 2.48. The number of rotatable bonds is 4. The maximum absolute atomic E-state index is 12.9. The minimum Gasteiger partial charge on any atom is -0.469 e. The lowest BCUT2D eigenvalue weighted by atomic mass is 9.88. The van der Waals surface area contributed by atoms with Gasteiger partial charge in [0, 0.05) is 12.4 Å². The van der Waals surface area contributed by atoms with Crippen LogP contribution in [0.15, 0.2) is 54.9 Å². The summed E-state index contributed by atoms with van der Waals surface area (Å²) in [6, 6.07) is 10.6. The van der Waals surface area contributed by atoms with Crippen LogP contribution in [0.1, 0.15) is 23.2 Å². The first-order chi connectivity index (χ1) is 14.6. The van der Waals surface area contributed by atoms with E-state index in [-0.39, 0.29) is 6.61 Å². The maximum Gasteiger partial charge on any atom is 0.425 e. The smallest absolute Gasteiger partial charge is 0.425 e. The Morgan fingerprint density at radius 2 is 1.73 bits per heavy atom. The van der Waals surface area contributed by atoms with E-state index in [1.165, 1.54) is 19.2 Å². The van der Waals surface area contributed by atoms with Crippen LogP contribution in [0.4, 0.5) is 4.79 Å². The molecule has 2 aromatic rings. The Kier molecular flexibility index (Phi) is 5.37. The van der Waals surface area contributed by atoms with Crippen molar-refractivity contribution in [1.29, 1.82) is 0 Å². The van der Waals surface area contributed by atoms with Crippen molar-refractivity contribution in [2.75, 3.05) is 20.8 Å². The van der Waals surface area contributed by atoms with E-state index < -0.39 is 42.1 Å². The number of esters is 2. The second-order valence-electron chi connectivity index (χ2n) is 6.98. The van der Waals surface area contributed by atoms with Crippen LogP contribution in [0.25, 0.3) is 0 Å². The van der Waals surface area contributed by atoms with E-state index in [0.717, 1.165) is 5.56 Å². The summed E-state index contributed by atoms with van der Waals surface area (Å²) in [5.74, 6) is -2.38. The molecule has 0 N–H and O–H groups in total. The van der Waals surface area contributed by atoms with Crippen LogP contribution in [-0.4, -0.2) is 59.9 Å². The fourth-order valence-electron chi connectivity index (χ4n) is 4.21.